The van der Waals surface area contributed by atoms with Crippen LogP contribution < -0.4 is 14.8 Å². The number of nitrogens with zero attached hydrogens (tertiary/aromatic N) is 1. The number of nitrogens with one attached hydrogen (secondary N) is 1. The average Bonchev–Trinajstić information content (AvgIpc) is 2.67. The van der Waals surface area contributed by atoms with Crippen LogP contribution in [0.15, 0.2) is 60.8 Å². The first-order chi connectivity index (χ1) is 12.3. The quantitative estimate of drug-likeness (QED) is 0.720. The first kappa shape index (κ1) is 16.8. The van der Waals surface area contributed by atoms with E-state index in [-0.39, 0.29) is 12.5 Å². The van der Waals surface area contributed by atoms with Gasteiger partial charge < -0.3 is 14.8 Å². The third-order valence-electron chi connectivity index (χ3n) is 3.86. The molecular formula is C20H20N2O3. The number of methoxy groups -OCH3 is 1. The van der Waals surface area contributed by atoms with Crippen LogP contribution in [0.25, 0.3) is 10.9 Å². The third-order valence-corrected chi connectivity index (χ3v) is 3.86. The standard InChI is InChI=1S/C20H20N2O3/c1-24-17-7-9-18(10-8-17)25-14-19(23)21-13-11-16-5-2-4-15-6-3-12-22-20(15)16/h2-10,12H,11,13-14H2,1H3,(H,21,23). The van der Waals surface area contributed by atoms with Crippen LogP contribution in [-0.2, 0) is 11.2 Å². The highest BCUT2D eigenvalue weighted by Crippen LogP contribution is 2.17. The van der Waals surface area contributed by atoms with E-state index in [0.717, 1.165) is 28.6 Å². The van der Waals surface area contributed by atoms with Crippen molar-refractivity contribution < 1.29 is 14.3 Å². The van der Waals surface area contributed by atoms with Gasteiger partial charge in [0.25, 0.3) is 5.91 Å². The fourth-order valence-corrected chi connectivity index (χ4v) is 2.58. The zero-order chi connectivity index (χ0) is 17.5. The summed E-state index contributed by atoms with van der Waals surface area (Å²) in [7, 11) is 1.61. The molecule has 1 heterocycles. The molecule has 0 radical (unpaired) electrons. The van der Waals surface area contributed by atoms with Gasteiger partial charge >= 0.3 is 0 Å². The van der Waals surface area contributed by atoms with Gasteiger partial charge in [0.1, 0.15) is 11.5 Å². The Bertz CT molecular complexity index is 842. The van der Waals surface area contributed by atoms with Crippen molar-refractivity contribution in [2.45, 2.75) is 6.42 Å². The van der Waals surface area contributed by atoms with Crippen LogP contribution >= 0.6 is 0 Å². The normalized spacial score (nSPS) is 10.4. The van der Waals surface area contributed by atoms with Crippen molar-refractivity contribution >= 4 is 16.8 Å². The predicted octanol–water partition coefficient (Wildman–Crippen LogP) is 2.98. The number of amides is 1. The van der Waals surface area contributed by atoms with Gasteiger partial charge in [-0.15, -0.1) is 0 Å². The second-order valence-corrected chi connectivity index (χ2v) is 5.56. The first-order valence-corrected chi connectivity index (χ1v) is 8.12. The van der Waals surface area contributed by atoms with Crippen LogP contribution in [0.1, 0.15) is 5.56 Å². The smallest absolute Gasteiger partial charge is 0.257 e. The van der Waals surface area contributed by atoms with Gasteiger partial charge in [0.05, 0.1) is 12.6 Å². The molecule has 2 aromatic carbocycles. The second-order valence-electron chi connectivity index (χ2n) is 5.56. The van der Waals surface area contributed by atoms with Gasteiger partial charge in [-0.2, -0.15) is 0 Å². The monoisotopic (exact) mass is 336 g/mol. The Balaban J connectivity index is 1.47. The SMILES string of the molecule is COc1ccc(OCC(=O)NCCc2cccc3cccnc23)cc1. The van der Waals surface area contributed by atoms with Crippen molar-refractivity contribution in [1.29, 1.82) is 0 Å². The summed E-state index contributed by atoms with van der Waals surface area (Å²) in [6, 6.07) is 17.2. The lowest BCUT2D eigenvalue weighted by Crippen LogP contribution is -2.30. The lowest BCUT2D eigenvalue weighted by molar-refractivity contribution is -0.123. The fourth-order valence-electron chi connectivity index (χ4n) is 2.58. The van der Waals surface area contributed by atoms with Crippen molar-refractivity contribution in [3.8, 4) is 11.5 Å². The summed E-state index contributed by atoms with van der Waals surface area (Å²) in [4.78, 5) is 16.3. The van der Waals surface area contributed by atoms with Gasteiger partial charge in [-0.05, 0) is 42.3 Å². The minimum Gasteiger partial charge on any atom is -0.497 e. The second kappa shape index (κ2) is 8.15. The molecule has 1 N–H and O–H groups in total. The van der Waals surface area contributed by atoms with Gasteiger partial charge in [-0.1, -0.05) is 24.3 Å². The van der Waals surface area contributed by atoms with Crippen LogP contribution in [0.3, 0.4) is 0 Å². The predicted molar refractivity (Wildman–Crippen MR) is 96.9 cm³/mol. The van der Waals surface area contributed by atoms with Crippen LogP contribution in [-0.4, -0.2) is 31.2 Å². The molecule has 1 aromatic heterocycles. The first-order valence-electron chi connectivity index (χ1n) is 8.12. The number of hydrogen-bond donors (Lipinski definition) is 1. The third kappa shape index (κ3) is 4.47. The molecular weight excluding hydrogens is 316 g/mol. The topological polar surface area (TPSA) is 60.5 Å². The van der Waals surface area contributed by atoms with E-state index in [4.69, 9.17) is 9.47 Å². The summed E-state index contributed by atoms with van der Waals surface area (Å²) >= 11 is 0. The summed E-state index contributed by atoms with van der Waals surface area (Å²) in [5.74, 6) is 1.23. The minimum atomic E-state index is -0.149. The number of benzene rings is 2. The number of fused-ring (bicyclic) bond motifs is 1. The molecule has 0 fully saturated rings. The minimum absolute atomic E-state index is 0.0138. The Morgan fingerprint density at radius 2 is 1.80 bits per heavy atom. The number of ether oxygens (including phenoxy) is 2. The van der Waals surface area contributed by atoms with E-state index in [2.05, 4.69) is 10.3 Å². The number of rotatable bonds is 7. The van der Waals surface area contributed by atoms with E-state index >= 15 is 0 Å². The summed E-state index contributed by atoms with van der Waals surface area (Å²) in [5, 5.41) is 3.98. The lowest BCUT2D eigenvalue weighted by Gasteiger charge is -2.09. The van der Waals surface area contributed by atoms with Crippen LogP contribution in [0.5, 0.6) is 11.5 Å². The van der Waals surface area contributed by atoms with E-state index < -0.39 is 0 Å². The zero-order valence-electron chi connectivity index (χ0n) is 14.1. The van der Waals surface area contributed by atoms with Crippen LogP contribution in [0, 0.1) is 0 Å². The molecule has 0 unspecified atom stereocenters. The Morgan fingerprint density at radius 3 is 2.60 bits per heavy atom. The van der Waals surface area contributed by atoms with Gasteiger partial charge in [0.2, 0.25) is 0 Å². The lowest BCUT2D eigenvalue weighted by atomic mass is 10.1. The van der Waals surface area contributed by atoms with Gasteiger partial charge in [0, 0.05) is 18.1 Å². The molecule has 3 aromatic rings. The van der Waals surface area contributed by atoms with Crippen LogP contribution in [0.2, 0.25) is 0 Å². The molecule has 0 saturated heterocycles. The Labute approximate surface area is 146 Å². The zero-order valence-corrected chi connectivity index (χ0v) is 14.1. The molecule has 0 bridgehead atoms. The Morgan fingerprint density at radius 1 is 1.04 bits per heavy atom. The molecule has 25 heavy (non-hydrogen) atoms. The molecule has 0 spiro atoms. The molecule has 1 amide bonds. The van der Waals surface area contributed by atoms with Gasteiger partial charge in [-0.3, -0.25) is 9.78 Å². The largest absolute Gasteiger partial charge is 0.497 e. The van der Waals surface area contributed by atoms with Crippen LogP contribution in [0.4, 0.5) is 0 Å². The fraction of sp³-hybridized carbons (Fsp3) is 0.200. The highest BCUT2D eigenvalue weighted by molar-refractivity contribution is 5.81. The van der Waals surface area contributed by atoms with Gasteiger partial charge in [-0.25, -0.2) is 0 Å². The number of hydrogen-bond acceptors (Lipinski definition) is 4. The summed E-state index contributed by atoms with van der Waals surface area (Å²) < 4.78 is 10.5. The van der Waals surface area contributed by atoms with E-state index in [0.29, 0.717) is 12.3 Å². The molecule has 0 aliphatic heterocycles. The van der Waals surface area contributed by atoms with Crippen molar-refractivity contribution in [1.82, 2.24) is 10.3 Å². The number of carbonyl (C=O) groups excluding carboxylic acids is 1. The Kier molecular flexibility index (Phi) is 5.46. The molecule has 5 heteroatoms. The maximum absolute atomic E-state index is 11.9. The molecule has 128 valence electrons. The molecule has 3 rings (SSSR count). The van der Waals surface area contributed by atoms with Crippen molar-refractivity contribution in [3.05, 3.63) is 66.4 Å². The van der Waals surface area contributed by atoms with Crippen molar-refractivity contribution in [3.63, 3.8) is 0 Å². The maximum Gasteiger partial charge on any atom is 0.257 e. The average molecular weight is 336 g/mol. The summed E-state index contributed by atoms with van der Waals surface area (Å²) in [5.41, 5.74) is 2.10. The van der Waals surface area contributed by atoms with E-state index in [1.165, 1.54) is 0 Å². The number of para-hydroxylation sites is 1. The molecule has 5 nitrogen and oxygen atoms in total. The highest BCUT2D eigenvalue weighted by Gasteiger charge is 2.05. The molecule has 0 atom stereocenters. The number of carbonyl (C=O) groups is 1. The van der Waals surface area contributed by atoms with Crippen molar-refractivity contribution in [2.24, 2.45) is 0 Å². The molecule has 0 saturated carbocycles. The highest BCUT2D eigenvalue weighted by atomic mass is 16.5. The van der Waals surface area contributed by atoms with Crippen molar-refractivity contribution in [2.75, 3.05) is 20.3 Å². The van der Waals surface area contributed by atoms with Gasteiger partial charge in [0.15, 0.2) is 6.61 Å². The summed E-state index contributed by atoms with van der Waals surface area (Å²) in [6.07, 6.45) is 2.51. The van der Waals surface area contributed by atoms with E-state index in [9.17, 15) is 4.79 Å². The van der Waals surface area contributed by atoms with E-state index in [1.54, 1.807) is 37.6 Å². The maximum atomic E-state index is 11.9. The van der Waals surface area contributed by atoms with E-state index in [1.807, 2.05) is 30.3 Å². The number of pyridine rings is 1. The molecule has 0 aliphatic carbocycles. The summed E-state index contributed by atoms with van der Waals surface area (Å²) in [6.45, 7) is 0.528. The number of aromatic nitrogens is 1. The Hall–Kier alpha value is -3.08. The molecule has 0 aliphatic rings.